The standard InChI is InChI=1S/C14H20N2O3/c1-12(19-11-15-9-5-2-6-10-15)13-7-3-4-8-14(13)16(17)18/h3-4,7-8,12H,2,5-6,9-11H2,1H3. The van der Waals surface area contributed by atoms with Gasteiger partial charge in [-0.1, -0.05) is 18.6 Å². The van der Waals surface area contributed by atoms with Crippen molar-refractivity contribution >= 4 is 5.69 Å². The normalized spacial score (nSPS) is 18.2. The van der Waals surface area contributed by atoms with Crippen LogP contribution in [0.1, 0.15) is 37.9 Å². The smallest absolute Gasteiger partial charge is 0.275 e. The number of piperidine rings is 1. The number of nitro benzene ring substituents is 1. The van der Waals surface area contributed by atoms with E-state index in [-0.39, 0.29) is 16.7 Å². The summed E-state index contributed by atoms with van der Waals surface area (Å²) in [5.41, 5.74) is 0.776. The molecule has 1 aromatic carbocycles. The number of para-hydroxylation sites is 1. The average molecular weight is 264 g/mol. The second-order valence-electron chi connectivity index (χ2n) is 4.93. The first-order chi connectivity index (χ1) is 9.18. The van der Waals surface area contributed by atoms with Gasteiger partial charge in [-0.05, 0) is 25.8 Å². The fourth-order valence-corrected chi connectivity index (χ4v) is 2.39. The molecule has 1 aliphatic rings. The van der Waals surface area contributed by atoms with Crippen molar-refractivity contribution in [1.29, 1.82) is 0 Å². The molecule has 1 fully saturated rings. The van der Waals surface area contributed by atoms with Crippen molar-refractivity contribution in [3.63, 3.8) is 0 Å². The summed E-state index contributed by atoms with van der Waals surface area (Å²) in [5, 5.41) is 11.0. The highest BCUT2D eigenvalue weighted by molar-refractivity contribution is 5.41. The molecule has 1 aliphatic heterocycles. The molecule has 19 heavy (non-hydrogen) atoms. The van der Waals surface area contributed by atoms with Crippen molar-refractivity contribution in [2.45, 2.75) is 32.3 Å². The first-order valence-corrected chi connectivity index (χ1v) is 6.76. The molecule has 1 unspecified atom stereocenters. The lowest BCUT2D eigenvalue weighted by molar-refractivity contribution is -0.386. The van der Waals surface area contributed by atoms with E-state index in [4.69, 9.17) is 4.74 Å². The maximum Gasteiger partial charge on any atom is 0.275 e. The Morgan fingerprint density at radius 2 is 2.00 bits per heavy atom. The van der Waals surface area contributed by atoms with E-state index in [0.29, 0.717) is 12.3 Å². The number of nitrogens with zero attached hydrogens (tertiary/aromatic N) is 2. The molecule has 5 heteroatoms. The van der Waals surface area contributed by atoms with E-state index in [2.05, 4.69) is 4.90 Å². The zero-order valence-electron chi connectivity index (χ0n) is 11.2. The highest BCUT2D eigenvalue weighted by Gasteiger charge is 2.19. The minimum atomic E-state index is -0.351. The molecule has 1 heterocycles. The van der Waals surface area contributed by atoms with Crippen LogP contribution in [0.4, 0.5) is 5.69 Å². The second kappa shape index (κ2) is 6.63. The third-order valence-electron chi connectivity index (χ3n) is 3.53. The molecule has 1 saturated heterocycles. The van der Waals surface area contributed by atoms with Crippen LogP contribution in [-0.2, 0) is 4.74 Å². The van der Waals surface area contributed by atoms with Gasteiger partial charge in [0.1, 0.15) is 0 Å². The van der Waals surface area contributed by atoms with Gasteiger partial charge in [-0.25, -0.2) is 0 Å². The van der Waals surface area contributed by atoms with Gasteiger partial charge in [-0.2, -0.15) is 0 Å². The van der Waals surface area contributed by atoms with Gasteiger partial charge in [-0.3, -0.25) is 15.0 Å². The van der Waals surface area contributed by atoms with Gasteiger partial charge in [0, 0.05) is 19.2 Å². The molecule has 1 atom stereocenters. The van der Waals surface area contributed by atoms with Crippen LogP contribution in [0, 0.1) is 10.1 Å². The summed E-state index contributed by atoms with van der Waals surface area (Å²) in [6.07, 6.45) is 3.45. The molecule has 0 radical (unpaired) electrons. The Bertz CT molecular complexity index is 430. The van der Waals surface area contributed by atoms with E-state index in [1.165, 1.54) is 25.3 Å². The summed E-state index contributed by atoms with van der Waals surface area (Å²) in [5.74, 6) is 0. The predicted octanol–water partition coefficient (Wildman–Crippen LogP) is 3.12. The molecule has 5 nitrogen and oxygen atoms in total. The lowest BCUT2D eigenvalue weighted by atomic mass is 10.1. The maximum atomic E-state index is 11.0. The summed E-state index contributed by atoms with van der Waals surface area (Å²) in [6, 6.07) is 6.77. The molecule has 0 saturated carbocycles. The molecule has 1 aromatic rings. The summed E-state index contributed by atoms with van der Waals surface area (Å²) in [4.78, 5) is 12.9. The molecule has 0 aliphatic carbocycles. The Labute approximate surface area is 113 Å². The van der Waals surface area contributed by atoms with Crippen molar-refractivity contribution in [2.75, 3.05) is 19.8 Å². The molecule has 104 valence electrons. The van der Waals surface area contributed by atoms with Crippen LogP contribution in [0.3, 0.4) is 0 Å². The number of likely N-dealkylation sites (tertiary alicyclic amines) is 1. The Morgan fingerprint density at radius 1 is 1.32 bits per heavy atom. The van der Waals surface area contributed by atoms with E-state index < -0.39 is 0 Å². The number of hydrogen-bond acceptors (Lipinski definition) is 4. The van der Waals surface area contributed by atoms with E-state index in [0.717, 1.165) is 13.1 Å². The third-order valence-corrected chi connectivity index (χ3v) is 3.53. The third kappa shape index (κ3) is 3.75. The lowest BCUT2D eigenvalue weighted by Crippen LogP contribution is -2.32. The topological polar surface area (TPSA) is 55.6 Å². The van der Waals surface area contributed by atoms with Gasteiger partial charge in [-0.15, -0.1) is 0 Å². The first kappa shape index (κ1) is 14.0. The number of rotatable bonds is 5. The lowest BCUT2D eigenvalue weighted by Gasteiger charge is -2.27. The summed E-state index contributed by atoms with van der Waals surface area (Å²) in [6.45, 7) is 4.53. The fourth-order valence-electron chi connectivity index (χ4n) is 2.39. The average Bonchev–Trinajstić information content (AvgIpc) is 2.46. The van der Waals surface area contributed by atoms with Crippen LogP contribution < -0.4 is 0 Å². The first-order valence-electron chi connectivity index (χ1n) is 6.76. The van der Waals surface area contributed by atoms with Crippen molar-refractivity contribution in [3.8, 4) is 0 Å². The van der Waals surface area contributed by atoms with Crippen LogP contribution in [0.5, 0.6) is 0 Å². The number of benzene rings is 1. The predicted molar refractivity (Wildman–Crippen MR) is 72.9 cm³/mol. The van der Waals surface area contributed by atoms with Crippen LogP contribution in [0.25, 0.3) is 0 Å². The summed E-state index contributed by atoms with van der Waals surface area (Å²) >= 11 is 0. The van der Waals surface area contributed by atoms with Gasteiger partial charge < -0.3 is 4.74 Å². The molecule has 0 spiro atoms. The zero-order chi connectivity index (χ0) is 13.7. The van der Waals surface area contributed by atoms with Crippen LogP contribution >= 0.6 is 0 Å². The highest BCUT2D eigenvalue weighted by Crippen LogP contribution is 2.27. The van der Waals surface area contributed by atoms with E-state index in [1.807, 2.05) is 13.0 Å². The minimum absolute atomic E-state index is 0.133. The van der Waals surface area contributed by atoms with Gasteiger partial charge in [0.2, 0.25) is 0 Å². The number of hydrogen-bond donors (Lipinski definition) is 0. The highest BCUT2D eigenvalue weighted by atomic mass is 16.6. The van der Waals surface area contributed by atoms with Crippen LogP contribution in [0.2, 0.25) is 0 Å². The van der Waals surface area contributed by atoms with Gasteiger partial charge in [0.25, 0.3) is 5.69 Å². The van der Waals surface area contributed by atoms with E-state index >= 15 is 0 Å². The minimum Gasteiger partial charge on any atom is -0.358 e. The molecule has 0 aromatic heterocycles. The van der Waals surface area contributed by atoms with Gasteiger partial charge >= 0.3 is 0 Å². The summed E-state index contributed by atoms with van der Waals surface area (Å²) in [7, 11) is 0. The molecular formula is C14H20N2O3. The number of ether oxygens (including phenoxy) is 1. The Morgan fingerprint density at radius 3 is 2.68 bits per heavy atom. The molecule has 0 N–H and O–H groups in total. The Kier molecular flexibility index (Phi) is 4.87. The van der Waals surface area contributed by atoms with Crippen molar-refractivity contribution < 1.29 is 9.66 Å². The Balaban J connectivity index is 1.95. The van der Waals surface area contributed by atoms with Crippen LogP contribution in [-0.4, -0.2) is 29.6 Å². The van der Waals surface area contributed by atoms with Crippen molar-refractivity contribution in [2.24, 2.45) is 0 Å². The SMILES string of the molecule is CC(OCN1CCCCC1)c1ccccc1[N+](=O)[O-]. The second-order valence-corrected chi connectivity index (χ2v) is 4.93. The Hall–Kier alpha value is -1.46. The molecule has 0 bridgehead atoms. The quantitative estimate of drug-likeness (QED) is 0.605. The van der Waals surface area contributed by atoms with Crippen molar-refractivity contribution in [1.82, 2.24) is 4.90 Å². The molecule has 0 amide bonds. The molecule has 2 rings (SSSR count). The largest absolute Gasteiger partial charge is 0.358 e. The summed E-state index contributed by atoms with van der Waals surface area (Å²) < 4.78 is 5.78. The monoisotopic (exact) mass is 264 g/mol. The maximum absolute atomic E-state index is 11.0. The molecular weight excluding hydrogens is 244 g/mol. The van der Waals surface area contributed by atoms with E-state index in [9.17, 15) is 10.1 Å². The zero-order valence-corrected chi connectivity index (χ0v) is 11.2. The van der Waals surface area contributed by atoms with Crippen LogP contribution in [0.15, 0.2) is 24.3 Å². The fraction of sp³-hybridized carbons (Fsp3) is 0.571. The van der Waals surface area contributed by atoms with Gasteiger partial charge in [0.15, 0.2) is 0 Å². The van der Waals surface area contributed by atoms with Gasteiger partial charge in [0.05, 0.1) is 23.3 Å². The van der Waals surface area contributed by atoms with E-state index in [1.54, 1.807) is 12.1 Å². The van der Waals surface area contributed by atoms with Crippen molar-refractivity contribution in [3.05, 3.63) is 39.9 Å². The number of nitro groups is 1.